The normalized spacial score (nSPS) is 13.0. The molecule has 2 aromatic carbocycles. The molecule has 0 aromatic heterocycles. The lowest BCUT2D eigenvalue weighted by molar-refractivity contribution is 0.0939. The molecule has 2 aromatic rings. The number of amides is 1. The Morgan fingerprint density at radius 1 is 1.00 bits per heavy atom. The molecule has 0 saturated heterocycles. The SMILES string of the molecule is Cc1ccc(S(C)(=O)=O)cc1C(=O)NC(C)c1cccc(NS(C)(=O)=O)c1. The number of sulfonamides is 1. The van der Waals surface area contributed by atoms with Gasteiger partial charge in [-0.25, -0.2) is 16.8 Å². The predicted molar refractivity (Wildman–Crippen MR) is 105 cm³/mol. The van der Waals surface area contributed by atoms with Gasteiger partial charge in [0, 0.05) is 17.5 Å². The number of nitrogens with one attached hydrogen (secondary N) is 2. The smallest absolute Gasteiger partial charge is 0.252 e. The first-order valence-corrected chi connectivity index (χ1v) is 11.8. The topological polar surface area (TPSA) is 109 Å². The lowest BCUT2D eigenvalue weighted by Crippen LogP contribution is -2.27. The van der Waals surface area contributed by atoms with Crippen LogP contribution in [0.1, 0.15) is 34.5 Å². The van der Waals surface area contributed by atoms with Gasteiger partial charge in [-0.05, 0) is 49.2 Å². The van der Waals surface area contributed by atoms with E-state index in [1.807, 2.05) is 0 Å². The quantitative estimate of drug-likeness (QED) is 0.759. The molecule has 146 valence electrons. The molecular formula is C18H22N2O5S2. The average Bonchev–Trinajstić information content (AvgIpc) is 2.52. The number of hydrogen-bond acceptors (Lipinski definition) is 5. The molecule has 0 aliphatic heterocycles. The van der Waals surface area contributed by atoms with Gasteiger partial charge in [-0.3, -0.25) is 9.52 Å². The van der Waals surface area contributed by atoms with Gasteiger partial charge >= 0.3 is 0 Å². The van der Waals surface area contributed by atoms with Crippen LogP contribution in [0.3, 0.4) is 0 Å². The van der Waals surface area contributed by atoms with E-state index in [0.717, 1.165) is 12.5 Å². The summed E-state index contributed by atoms with van der Waals surface area (Å²) in [5, 5.41) is 2.81. The fourth-order valence-corrected chi connectivity index (χ4v) is 3.72. The third-order valence-corrected chi connectivity index (χ3v) is 5.64. The zero-order chi connectivity index (χ0) is 20.4. The second-order valence-corrected chi connectivity index (χ2v) is 10.2. The highest BCUT2D eigenvalue weighted by Crippen LogP contribution is 2.20. The molecule has 2 rings (SSSR count). The van der Waals surface area contributed by atoms with Crippen LogP contribution in [0.2, 0.25) is 0 Å². The lowest BCUT2D eigenvalue weighted by atomic mass is 10.1. The van der Waals surface area contributed by atoms with E-state index in [1.54, 1.807) is 44.2 Å². The summed E-state index contributed by atoms with van der Waals surface area (Å²) in [7, 11) is -6.83. The molecule has 9 heteroatoms. The minimum atomic E-state index is -3.42. The van der Waals surface area contributed by atoms with Crippen molar-refractivity contribution in [1.29, 1.82) is 0 Å². The highest BCUT2D eigenvalue weighted by atomic mass is 32.2. The van der Waals surface area contributed by atoms with E-state index >= 15 is 0 Å². The van der Waals surface area contributed by atoms with Crippen molar-refractivity contribution >= 4 is 31.5 Å². The number of anilines is 1. The summed E-state index contributed by atoms with van der Waals surface area (Å²) in [6.07, 6.45) is 2.14. The number of carbonyl (C=O) groups excluding carboxylic acids is 1. The summed E-state index contributed by atoms with van der Waals surface area (Å²) in [6.45, 7) is 3.48. The summed E-state index contributed by atoms with van der Waals surface area (Å²) < 4.78 is 48.6. The minimum absolute atomic E-state index is 0.0743. The summed E-state index contributed by atoms with van der Waals surface area (Å²) in [5.74, 6) is -0.410. The van der Waals surface area contributed by atoms with Crippen molar-refractivity contribution in [2.75, 3.05) is 17.2 Å². The molecule has 0 aliphatic rings. The van der Waals surface area contributed by atoms with Crippen LogP contribution in [0, 0.1) is 6.92 Å². The Kier molecular flexibility index (Phi) is 5.96. The van der Waals surface area contributed by atoms with Gasteiger partial charge in [0.1, 0.15) is 0 Å². The van der Waals surface area contributed by atoms with Crippen LogP contribution in [-0.2, 0) is 19.9 Å². The number of carbonyl (C=O) groups is 1. The number of hydrogen-bond donors (Lipinski definition) is 2. The Balaban J connectivity index is 2.25. The highest BCUT2D eigenvalue weighted by Gasteiger charge is 2.17. The Bertz CT molecular complexity index is 1080. The molecule has 0 aliphatic carbocycles. The van der Waals surface area contributed by atoms with Crippen LogP contribution in [0.25, 0.3) is 0 Å². The van der Waals surface area contributed by atoms with Gasteiger partial charge in [-0.1, -0.05) is 18.2 Å². The molecule has 0 spiro atoms. The molecule has 1 amide bonds. The third kappa shape index (κ3) is 5.80. The number of benzene rings is 2. The van der Waals surface area contributed by atoms with Crippen molar-refractivity contribution < 1.29 is 21.6 Å². The average molecular weight is 411 g/mol. The van der Waals surface area contributed by atoms with Crippen molar-refractivity contribution in [2.45, 2.75) is 24.8 Å². The molecule has 1 unspecified atom stereocenters. The van der Waals surface area contributed by atoms with Crippen LogP contribution in [0.5, 0.6) is 0 Å². The zero-order valence-electron chi connectivity index (χ0n) is 15.5. The second-order valence-electron chi connectivity index (χ2n) is 6.44. The van der Waals surface area contributed by atoms with Crippen LogP contribution in [0.15, 0.2) is 47.4 Å². The fourth-order valence-electron chi connectivity index (χ4n) is 2.52. The molecule has 27 heavy (non-hydrogen) atoms. The highest BCUT2D eigenvalue weighted by molar-refractivity contribution is 7.92. The largest absolute Gasteiger partial charge is 0.346 e. The first-order chi connectivity index (χ1) is 12.4. The molecule has 1 atom stereocenters. The lowest BCUT2D eigenvalue weighted by Gasteiger charge is -2.17. The van der Waals surface area contributed by atoms with E-state index in [4.69, 9.17) is 0 Å². The summed E-state index contributed by atoms with van der Waals surface area (Å²) in [6, 6.07) is 10.7. The molecule has 0 radical (unpaired) electrons. The fraction of sp³-hybridized carbons (Fsp3) is 0.278. The van der Waals surface area contributed by atoms with Gasteiger partial charge in [-0.2, -0.15) is 0 Å². The Labute approximate surface area is 159 Å². The maximum Gasteiger partial charge on any atom is 0.252 e. The predicted octanol–water partition coefficient (Wildman–Crippen LogP) is 2.26. The summed E-state index contributed by atoms with van der Waals surface area (Å²) in [5.41, 5.74) is 2.02. The number of sulfone groups is 1. The number of aryl methyl sites for hydroxylation is 1. The molecule has 0 fully saturated rings. The van der Waals surface area contributed by atoms with Crippen LogP contribution >= 0.6 is 0 Å². The number of rotatable bonds is 6. The maximum absolute atomic E-state index is 12.6. The van der Waals surface area contributed by atoms with Crippen molar-refractivity contribution in [2.24, 2.45) is 0 Å². The Morgan fingerprint density at radius 2 is 1.67 bits per heavy atom. The third-order valence-electron chi connectivity index (χ3n) is 3.92. The summed E-state index contributed by atoms with van der Waals surface area (Å²) >= 11 is 0. The van der Waals surface area contributed by atoms with Crippen molar-refractivity contribution in [3.05, 3.63) is 59.2 Å². The molecule has 2 N–H and O–H groups in total. The molecule has 7 nitrogen and oxygen atoms in total. The first kappa shape index (κ1) is 20.9. The monoisotopic (exact) mass is 410 g/mol. The molecular weight excluding hydrogens is 388 g/mol. The maximum atomic E-state index is 12.6. The van der Waals surface area contributed by atoms with E-state index in [9.17, 15) is 21.6 Å². The van der Waals surface area contributed by atoms with Gasteiger partial charge in [0.2, 0.25) is 10.0 Å². The zero-order valence-corrected chi connectivity index (χ0v) is 17.1. The van der Waals surface area contributed by atoms with E-state index in [2.05, 4.69) is 10.0 Å². The van der Waals surface area contributed by atoms with Gasteiger partial charge in [-0.15, -0.1) is 0 Å². The van der Waals surface area contributed by atoms with E-state index in [0.29, 0.717) is 16.8 Å². The van der Waals surface area contributed by atoms with Crippen LogP contribution in [0.4, 0.5) is 5.69 Å². The molecule has 0 heterocycles. The van der Waals surface area contributed by atoms with Crippen molar-refractivity contribution in [3.8, 4) is 0 Å². The van der Waals surface area contributed by atoms with E-state index in [1.165, 1.54) is 12.1 Å². The van der Waals surface area contributed by atoms with Gasteiger partial charge in [0.15, 0.2) is 9.84 Å². The van der Waals surface area contributed by atoms with Crippen LogP contribution in [-0.4, -0.2) is 35.3 Å². The minimum Gasteiger partial charge on any atom is -0.346 e. The van der Waals surface area contributed by atoms with E-state index < -0.39 is 31.8 Å². The Morgan fingerprint density at radius 3 is 2.26 bits per heavy atom. The van der Waals surface area contributed by atoms with Gasteiger partial charge in [0.05, 0.1) is 17.2 Å². The molecule has 0 bridgehead atoms. The Hall–Kier alpha value is -2.39. The molecule has 0 saturated carbocycles. The van der Waals surface area contributed by atoms with Crippen molar-refractivity contribution in [1.82, 2.24) is 5.32 Å². The van der Waals surface area contributed by atoms with Gasteiger partial charge in [0.25, 0.3) is 5.91 Å². The van der Waals surface area contributed by atoms with Gasteiger partial charge < -0.3 is 5.32 Å². The summed E-state index contributed by atoms with van der Waals surface area (Å²) in [4.78, 5) is 12.7. The van der Waals surface area contributed by atoms with Crippen LogP contribution < -0.4 is 10.0 Å². The van der Waals surface area contributed by atoms with E-state index in [-0.39, 0.29) is 10.5 Å². The second kappa shape index (κ2) is 7.69. The van der Waals surface area contributed by atoms with Crippen molar-refractivity contribution in [3.63, 3.8) is 0 Å². The first-order valence-electron chi connectivity index (χ1n) is 8.06. The standard InChI is InChI=1S/C18H22N2O5S2/c1-12-8-9-16(26(3,22)23)11-17(12)18(21)19-13(2)14-6-5-7-15(10-14)20-27(4,24)25/h5-11,13,20H,1-4H3,(H,19,21).